The summed E-state index contributed by atoms with van der Waals surface area (Å²) in [6.07, 6.45) is 7.34. The predicted molar refractivity (Wildman–Crippen MR) is 90.5 cm³/mol. The number of pyridine rings is 1. The largest absolute Gasteiger partial charge is 0.241 e. The van der Waals surface area contributed by atoms with Crippen LogP contribution in [0, 0.1) is 0 Å². The van der Waals surface area contributed by atoms with E-state index < -0.39 is 0 Å². The molecule has 102 valence electrons. The first-order valence-corrected chi connectivity index (χ1v) is 7.60. The summed E-state index contributed by atoms with van der Waals surface area (Å²) in [6.45, 7) is 4.17. The van der Waals surface area contributed by atoms with Crippen molar-refractivity contribution >= 4 is 21.5 Å². The van der Waals surface area contributed by atoms with E-state index in [1.54, 1.807) is 0 Å². The van der Waals surface area contributed by atoms with Crippen LogP contribution in [-0.4, -0.2) is 4.98 Å². The van der Waals surface area contributed by atoms with Crippen LogP contribution in [0.2, 0.25) is 0 Å². The molecule has 0 aliphatic carbocycles. The molecule has 0 aliphatic heterocycles. The summed E-state index contributed by atoms with van der Waals surface area (Å²) in [5, 5.41) is 0. The summed E-state index contributed by atoms with van der Waals surface area (Å²) < 4.78 is 0.861. The van der Waals surface area contributed by atoms with Gasteiger partial charge in [-0.1, -0.05) is 55.5 Å². The Morgan fingerprint density at radius 1 is 1.15 bits per heavy atom. The monoisotopic (exact) mass is 327 g/mol. The number of allylic oxidation sites excluding steroid dienone is 4. The van der Waals surface area contributed by atoms with Gasteiger partial charge in [-0.15, -0.1) is 0 Å². The maximum absolute atomic E-state index is 4.59. The van der Waals surface area contributed by atoms with Crippen LogP contribution in [0.15, 0.2) is 65.3 Å². The second-order valence-electron chi connectivity index (χ2n) is 4.50. The first-order valence-electron chi connectivity index (χ1n) is 6.80. The van der Waals surface area contributed by atoms with E-state index in [4.69, 9.17) is 0 Å². The zero-order chi connectivity index (χ0) is 14.4. The summed E-state index contributed by atoms with van der Waals surface area (Å²) in [7, 11) is 0. The van der Waals surface area contributed by atoms with Crippen molar-refractivity contribution in [3.05, 3.63) is 71.0 Å². The lowest BCUT2D eigenvalue weighted by Gasteiger charge is -2.07. The molecule has 0 N–H and O–H groups in total. The predicted octanol–water partition coefficient (Wildman–Crippen LogP) is 5.88. The fourth-order valence-corrected chi connectivity index (χ4v) is 2.54. The highest BCUT2D eigenvalue weighted by molar-refractivity contribution is 9.10. The van der Waals surface area contributed by atoms with E-state index in [-0.39, 0.29) is 0 Å². The molecule has 1 aromatic carbocycles. The van der Waals surface area contributed by atoms with Gasteiger partial charge in [-0.2, -0.15) is 0 Å². The minimum absolute atomic E-state index is 0.861. The Morgan fingerprint density at radius 2 is 1.90 bits per heavy atom. The van der Waals surface area contributed by atoms with E-state index >= 15 is 0 Å². The van der Waals surface area contributed by atoms with E-state index in [9.17, 15) is 0 Å². The van der Waals surface area contributed by atoms with E-state index in [1.807, 2.05) is 19.1 Å². The Kier molecular flexibility index (Phi) is 5.31. The summed E-state index contributed by atoms with van der Waals surface area (Å²) >= 11 is 3.52. The molecule has 0 fully saturated rings. The highest BCUT2D eigenvalue weighted by atomic mass is 79.9. The van der Waals surface area contributed by atoms with Crippen molar-refractivity contribution in [3.63, 3.8) is 0 Å². The van der Waals surface area contributed by atoms with E-state index in [2.05, 4.69) is 76.4 Å². The van der Waals surface area contributed by atoms with Gasteiger partial charge >= 0.3 is 0 Å². The molecule has 0 unspecified atom stereocenters. The van der Waals surface area contributed by atoms with Gasteiger partial charge < -0.3 is 0 Å². The molecule has 1 heterocycles. The fourth-order valence-electron chi connectivity index (χ4n) is 2.10. The number of halogens is 1. The smallest absolute Gasteiger partial charge is 0.107 e. The maximum Gasteiger partial charge on any atom is 0.107 e. The molecule has 2 aromatic rings. The number of aromatic nitrogens is 1. The van der Waals surface area contributed by atoms with Crippen molar-refractivity contribution in [3.8, 4) is 11.1 Å². The molecule has 0 aliphatic rings. The lowest BCUT2D eigenvalue weighted by molar-refractivity contribution is 1.20. The summed E-state index contributed by atoms with van der Waals surface area (Å²) in [5.74, 6) is 0. The van der Waals surface area contributed by atoms with Gasteiger partial charge in [0.1, 0.15) is 4.60 Å². The molecule has 0 spiro atoms. The molecule has 2 rings (SSSR count). The van der Waals surface area contributed by atoms with Gasteiger partial charge in [0, 0.05) is 0 Å². The van der Waals surface area contributed by atoms with Crippen LogP contribution in [0.1, 0.15) is 26.0 Å². The van der Waals surface area contributed by atoms with Gasteiger partial charge in [-0.25, -0.2) is 4.98 Å². The van der Waals surface area contributed by atoms with Crippen LogP contribution in [0.4, 0.5) is 0 Å². The average Bonchev–Trinajstić information content (AvgIpc) is 2.47. The quantitative estimate of drug-likeness (QED) is 0.504. The molecule has 0 bridgehead atoms. The Bertz CT molecular complexity index is 627. The van der Waals surface area contributed by atoms with Crippen LogP contribution < -0.4 is 0 Å². The molecule has 2 heteroatoms. The maximum atomic E-state index is 4.59. The van der Waals surface area contributed by atoms with Crippen molar-refractivity contribution in [2.24, 2.45) is 0 Å². The van der Waals surface area contributed by atoms with E-state index in [0.29, 0.717) is 0 Å². The van der Waals surface area contributed by atoms with Crippen molar-refractivity contribution in [2.75, 3.05) is 0 Å². The van der Waals surface area contributed by atoms with Crippen LogP contribution in [0.3, 0.4) is 0 Å². The minimum atomic E-state index is 0.861. The Hall–Kier alpha value is -1.67. The van der Waals surface area contributed by atoms with Gasteiger partial charge in [-0.05, 0) is 58.1 Å². The summed E-state index contributed by atoms with van der Waals surface area (Å²) in [4.78, 5) is 4.59. The van der Waals surface area contributed by atoms with Gasteiger partial charge in [0.2, 0.25) is 0 Å². The van der Waals surface area contributed by atoms with Gasteiger partial charge in [0.05, 0.1) is 5.69 Å². The van der Waals surface area contributed by atoms with Crippen molar-refractivity contribution in [1.82, 2.24) is 4.98 Å². The van der Waals surface area contributed by atoms with E-state index in [0.717, 1.165) is 22.3 Å². The molecule has 0 amide bonds. The third kappa shape index (κ3) is 3.67. The van der Waals surface area contributed by atoms with Gasteiger partial charge in [-0.3, -0.25) is 0 Å². The van der Waals surface area contributed by atoms with Crippen molar-refractivity contribution in [1.29, 1.82) is 0 Å². The molecule has 0 atom stereocenters. The SMILES string of the molecule is C/C=C\C(=C/CC)c1cc(-c2ccccc2)cc(Br)n1. The standard InChI is InChI=1S/C18H18BrN/c1-3-8-15(9-4-2)17-12-16(13-18(19)20-17)14-10-6-5-7-11-14/h3,5-13H,4H2,1-2H3/b8-3-,15-9+. The van der Waals surface area contributed by atoms with Gasteiger partial charge in [0.15, 0.2) is 0 Å². The second-order valence-corrected chi connectivity index (χ2v) is 5.31. The Balaban J connectivity index is 2.51. The van der Waals surface area contributed by atoms with Crippen LogP contribution in [-0.2, 0) is 0 Å². The molecular weight excluding hydrogens is 310 g/mol. The van der Waals surface area contributed by atoms with Crippen LogP contribution >= 0.6 is 15.9 Å². The molecule has 20 heavy (non-hydrogen) atoms. The summed E-state index contributed by atoms with van der Waals surface area (Å²) in [5.41, 5.74) is 4.54. The Labute approximate surface area is 129 Å². The molecule has 1 aromatic heterocycles. The number of nitrogens with zero attached hydrogens (tertiary/aromatic N) is 1. The number of rotatable bonds is 4. The average molecular weight is 328 g/mol. The zero-order valence-electron chi connectivity index (χ0n) is 11.8. The molecule has 0 radical (unpaired) electrons. The number of benzene rings is 1. The van der Waals surface area contributed by atoms with Crippen LogP contribution in [0.5, 0.6) is 0 Å². The van der Waals surface area contributed by atoms with Crippen LogP contribution in [0.25, 0.3) is 16.7 Å². The summed E-state index contributed by atoms with van der Waals surface area (Å²) in [6, 6.07) is 14.6. The van der Waals surface area contributed by atoms with Crippen molar-refractivity contribution < 1.29 is 0 Å². The fraction of sp³-hybridized carbons (Fsp3) is 0.167. The number of hydrogen-bond acceptors (Lipinski definition) is 1. The zero-order valence-corrected chi connectivity index (χ0v) is 13.4. The van der Waals surface area contributed by atoms with Crippen molar-refractivity contribution in [2.45, 2.75) is 20.3 Å². The number of hydrogen-bond donors (Lipinski definition) is 0. The Morgan fingerprint density at radius 3 is 2.55 bits per heavy atom. The molecular formula is C18H18BrN. The third-order valence-corrected chi connectivity index (χ3v) is 3.37. The minimum Gasteiger partial charge on any atom is -0.241 e. The molecule has 0 saturated heterocycles. The lowest BCUT2D eigenvalue weighted by Crippen LogP contribution is -1.90. The van der Waals surface area contributed by atoms with E-state index in [1.165, 1.54) is 11.1 Å². The lowest BCUT2D eigenvalue weighted by atomic mass is 10.0. The highest BCUT2D eigenvalue weighted by Crippen LogP contribution is 2.26. The first kappa shape index (κ1) is 14.7. The first-order chi connectivity index (χ1) is 9.74. The normalized spacial score (nSPS) is 12.1. The van der Waals surface area contributed by atoms with Gasteiger partial charge in [0.25, 0.3) is 0 Å². The second kappa shape index (κ2) is 7.20. The highest BCUT2D eigenvalue weighted by Gasteiger charge is 2.05. The molecule has 0 saturated carbocycles. The topological polar surface area (TPSA) is 12.9 Å². The molecule has 1 nitrogen and oxygen atoms in total. The third-order valence-electron chi connectivity index (χ3n) is 2.97.